The van der Waals surface area contributed by atoms with E-state index < -0.39 is 6.10 Å². The number of aliphatic hydroxyl groups excluding tert-OH is 1. The summed E-state index contributed by atoms with van der Waals surface area (Å²) in [5.41, 5.74) is 2.56. The third-order valence-corrected chi connectivity index (χ3v) is 3.08. The fraction of sp³-hybridized carbons (Fsp3) is 0.273. The highest BCUT2D eigenvalue weighted by Gasteiger charge is 2.15. The lowest BCUT2D eigenvalue weighted by Gasteiger charge is -2.10. The molecular weight excluding hydrogens is 208 g/mol. The van der Waals surface area contributed by atoms with Crippen molar-refractivity contribution in [3.63, 3.8) is 0 Å². The zero-order valence-electron chi connectivity index (χ0n) is 8.64. The molecule has 0 saturated heterocycles. The SMILES string of the molecule is Cc1nc(C(O)c2cnccc2C)cs1. The van der Waals surface area contributed by atoms with Crippen LogP contribution in [-0.2, 0) is 0 Å². The lowest BCUT2D eigenvalue weighted by Crippen LogP contribution is -2.02. The van der Waals surface area contributed by atoms with E-state index >= 15 is 0 Å². The maximum atomic E-state index is 10.1. The molecule has 4 heteroatoms. The van der Waals surface area contributed by atoms with Crippen molar-refractivity contribution in [3.05, 3.63) is 45.7 Å². The molecule has 0 aromatic carbocycles. The first-order chi connectivity index (χ1) is 7.18. The number of thiazole rings is 1. The number of aryl methyl sites for hydroxylation is 2. The summed E-state index contributed by atoms with van der Waals surface area (Å²) in [6, 6.07) is 1.89. The van der Waals surface area contributed by atoms with E-state index in [4.69, 9.17) is 0 Å². The van der Waals surface area contributed by atoms with Crippen LogP contribution in [0.2, 0.25) is 0 Å². The van der Waals surface area contributed by atoms with Crippen molar-refractivity contribution in [1.29, 1.82) is 0 Å². The van der Waals surface area contributed by atoms with Crippen molar-refractivity contribution in [2.45, 2.75) is 20.0 Å². The van der Waals surface area contributed by atoms with Crippen molar-refractivity contribution in [1.82, 2.24) is 9.97 Å². The highest BCUT2D eigenvalue weighted by atomic mass is 32.1. The summed E-state index contributed by atoms with van der Waals surface area (Å²) in [7, 11) is 0. The summed E-state index contributed by atoms with van der Waals surface area (Å²) in [6.45, 7) is 3.89. The van der Waals surface area contributed by atoms with Gasteiger partial charge in [-0.15, -0.1) is 11.3 Å². The second-order valence-electron chi connectivity index (χ2n) is 3.43. The first-order valence-corrected chi connectivity index (χ1v) is 5.57. The third-order valence-electron chi connectivity index (χ3n) is 2.29. The Kier molecular flexibility index (Phi) is 2.79. The average molecular weight is 220 g/mol. The second kappa shape index (κ2) is 4.08. The van der Waals surface area contributed by atoms with E-state index in [1.165, 1.54) is 0 Å². The van der Waals surface area contributed by atoms with E-state index in [1.54, 1.807) is 23.7 Å². The number of hydrogen-bond acceptors (Lipinski definition) is 4. The van der Waals surface area contributed by atoms with Crippen molar-refractivity contribution < 1.29 is 5.11 Å². The minimum absolute atomic E-state index is 0.663. The molecule has 0 aliphatic heterocycles. The van der Waals surface area contributed by atoms with Gasteiger partial charge in [0, 0.05) is 23.3 Å². The zero-order valence-corrected chi connectivity index (χ0v) is 9.45. The molecule has 0 amide bonds. The van der Waals surface area contributed by atoms with E-state index in [1.807, 2.05) is 25.3 Å². The van der Waals surface area contributed by atoms with Gasteiger partial charge in [0.05, 0.1) is 10.7 Å². The smallest absolute Gasteiger partial charge is 0.124 e. The summed E-state index contributed by atoms with van der Waals surface area (Å²) in [5, 5.41) is 12.9. The maximum absolute atomic E-state index is 10.1. The molecule has 78 valence electrons. The lowest BCUT2D eigenvalue weighted by atomic mass is 10.0. The van der Waals surface area contributed by atoms with E-state index in [0.717, 1.165) is 16.1 Å². The van der Waals surface area contributed by atoms with Gasteiger partial charge >= 0.3 is 0 Å². The minimum atomic E-state index is -0.663. The number of nitrogens with zero attached hydrogens (tertiary/aromatic N) is 2. The third kappa shape index (κ3) is 2.06. The second-order valence-corrected chi connectivity index (χ2v) is 4.49. The van der Waals surface area contributed by atoms with Crippen LogP contribution in [0.4, 0.5) is 0 Å². The molecule has 0 spiro atoms. The van der Waals surface area contributed by atoms with Gasteiger partial charge in [-0.25, -0.2) is 4.98 Å². The standard InChI is InChI=1S/C11H12N2OS/c1-7-3-4-12-5-9(7)11(14)10-6-15-8(2)13-10/h3-6,11,14H,1-2H3. The molecule has 3 nitrogen and oxygen atoms in total. The van der Waals surface area contributed by atoms with E-state index in [-0.39, 0.29) is 0 Å². The van der Waals surface area contributed by atoms with E-state index in [9.17, 15) is 5.11 Å². The number of pyridine rings is 1. The highest BCUT2D eigenvalue weighted by molar-refractivity contribution is 7.09. The molecule has 0 aliphatic carbocycles. The van der Waals surface area contributed by atoms with Crippen molar-refractivity contribution in [2.24, 2.45) is 0 Å². The molecule has 0 bridgehead atoms. The Bertz CT molecular complexity index is 467. The molecule has 1 unspecified atom stereocenters. The number of rotatable bonds is 2. The summed E-state index contributed by atoms with van der Waals surface area (Å²) in [5.74, 6) is 0. The van der Waals surface area contributed by atoms with Gasteiger partial charge in [-0.2, -0.15) is 0 Å². The fourth-order valence-corrected chi connectivity index (χ4v) is 2.06. The lowest BCUT2D eigenvalue weighted by molar-refractivity contribution is 0.215. The predicted octanol–water partition coefficient (Wildman–Crippen LogP) is 2.24. The van der Waals surface area contributed by atoms with Crippen molar-refractivity contribution in [3.8, 4) is 0 Å². The van der Waals surface area contributed by atoms with Crippen LogP contribution in [0.1, 0.15) is 27.9 Å². The van der Waals surface area contributed by atoms with Gasteiger partial charge in [0.2, 0.25) is 0 Å². The predicted molar refractivity (Wildman–Crippen MR) is 59.9 cm³/mol. The Morgan fingerprint density at radius 2 is 2.20 bits per heavy atom. The summed E-state index contributed by atoms with van der Waals surface area (Å²) < 4.78 is 0. The average Bonchev–Trinajstić information content (AvgIpc) is 2.65. The van der Waals surface area contributed by atoms with E-state index in [2.05, 4.69) is 9.97 Å². The van der Waals surface area contributed by atoms with Crippen LogP contribution >= 0.6 is 11.3 Å². The molecule has 1 atom stereocenters. The number of aliphatic hydroxyl groups is 1. The largest absolute Gasteiger partial charge is 0.382 e. The van der Waals surface area contributed by atoms with Gasteiger partial charge in [0.15, 0.2) is 0 Å². The molecule has 0 fully saturated rings. The summed E-state index contributed by atoms with van der Waals surface area (Å²) in [4.78, 5) is 8.28. The molecule has 2 aromatic heterocycles. The molecule has 2 rings (SSSR count). The van der Waals surface area contributed by atoms with Gasteiger partial charge in [-0.1, -0.05) is 0 Å². The Hall–Kier alpha value is -1.26. The Morgan fingerprint density at radius 3 is 2.80 bits per heavy atom. The monoisotopic (exact) mass is 220 g/mol. The zero-order chi connectivity index (χ0) is 10.8. The first-order valence-electron chi connectivity index (χ1n) is 4.69. The van der Waals surface area contributed by atoms with Crippen molar-refractivity contribution in [2.75, 3.05) is 0 Å². The van der Waals surface area contributed by atoms with Crippen LogP contribution in [-0.4, -0.2) is 15.1 Å². The van der Waals surface area contributed by atoms with Crippen LogP contribution in [0.15, 0.2) is 23.8 Å². The van der Waals surface area contributed by atoms with Gasteiger partial charge < -0.3 is 5.11 Å². The van der Waals surface area contributed by atoms with Crippen LogP contribution < -0.4 is 0 Å². The number of hydrogen-bond donors (Lipinski definition) is 1. The molecule has 2 aromatic rings. The molecule has 0 radical (unpaired) electrons. The minimum Gasteiger partial charge on any atom is -0.382 e. The quantitative estimate of drug-likeness (QED) is 0.844. The van der Waals surface area contributed by atoms with Crippen LogP contribution in [0.5, 0.6) is 0 Å². The van der Waals surface area contributed by atoms with Crippen LogP contribution in [0.3, 0.4) is 0 Å². The maximum Gasteiger partial charge on any atom is 0.124 e. The molecule has 0 aliphatic rings. The van der Waals surface area contributed by atoms with Gasteiger partial charge in [-0.3, -0.25) is 4.98 Å². The number of aromatic nitrogens is 2. The van der Waals surface area contributed by atoms with Crippen LogP contribution in [0.25, 0.3) is 0 Å². The highest BCUT2D eigenvalue weighted by Crippen LogP contribution is 2.24. The summed E-state index contributed by atoms with van der Waals surface area (Å²) >= 11 is 1.54. The Labute approximate surface area is 92.5 Å². The fourth-order valence-electron chi connectivity index (χ4n) is 1.43. The molecule has 1 N–H and O–H groups in total. The van der Waals surface area contributed by atoms with Gasteiger partial charge in [0.1, 0.15) is 6.10 Å². The first kappa shape index (κ1) is 10.3. The molecule has 0 saturated carbocycles. The topological polar surface area (TPSA) is 46.0 Å². The Morgan fingerprint density at radius 1 is 1.40 bits per heavy atom. The van der Waals surface area contributed by atoms with E-state index in [0.29, 0.717) is 5.69 Å². The normalized spacial score (nSPS) is 12.7. The van der Waals surface area contributed by atoms with Gasteiger partial charge in [0.25, 0.3) is 0 Å². The molecule has 15 heavy (non-hydrogen) atoms. The molecular formula is C11H12N2OS. The summed E-state index contributed by atoms with van der Waals surface area (Å²) in [6.07, 6.45) is 2.75. The van der Waals surface area contributed by atoms with Crippen molar-refractivity contribution >= 4 is 11.3 Å². The molecule has 2 heterocycles. The van der Waals surface area contributed by atoms with Crippen LogP contribution in [0, 0.1) is 13.8 Å². The van der Waals surface area contributed by atoms with Gasteiger partial charge in [-0.05, 0) is 25.5 Å². The Balaban J connectivity index is 2.36.